The first-order valence-electron chi connectivity index (χ1n) is 9.30. The minimum atomic E-state index is -0.366. The second-order valence-corrected chi connectivity index (χ2v) is 6.66. The quantitative estimate of drug-likeness (QED) is 0.537. The van der Waals surface area contributed by atoms with E-state index in [1.54, 1.807) is 36.4 Å². The SMILES string of the molecule is C=Cc1ccc(C(=O)O[C@@H](C)CC[C@H](C)OC(=O)c2ccc(C=C)cc2)cc1. The van der Waals surface area contributed by atoms with E-state index in [1.165, 1.54) is 0 Å². The molecule has 2 rings (SSSR count). The van der Waals surface area contributed by atoms with Gasteiger partial charge in [0.25, 0.3) is 0 Å². The molecule has 4 nitrogen and oxygen atoms in total. The summed E-state index contributed by atoms with van der Waals surface area (Å²) in [4.78, 5) is 24.3. The summed E-state index contributed by atoms with van der Waals surface area (Å²) >= 11 is 0. The van der Waals surface area contributed by atoms with Crippen LogP contribution in [0.4, 0.5) is 0 Å². The van der Waals surface area contributed by atoms with E-state index in [0.29, 0.717) is 24.0 Å². The van der Waals surface area contributed by atoms with Crippen molar-refractivity contribution in [2.45, 2.75) is 38.9 Å². The van der Waals surface area contributed by atoms with Crippen molar-refractivity contribution < 1.29 is 19.1 Å². The van der Waals surface area contributed by atoms with E-state index in [0.717, 1.165) is 11.1 Å². The molecule has 2 aromatic carbocycles. The van der Waals surface area contributed by atoms with Crippen LogP contribution in [0.5, 0.6) is 0 Å². The molecule has 4 heteroatoms. The van der Waals surface area contributed by atoms with Crippen LogP contribution in [0.3, 0.4) is 0 Å². The molecule has 0 spiro atoms. The van der Waals surface area contributed by atoms with Crippen molar-refractivity contribution in [3.05, 3.63) is 83.9 Å². The van der Waals surface area contributed by atoms with Crippen molar-refractivity contribution in [3.63, 3.8) is 0 Å². The summed E-state index contributed by atoms with van der Waals surface area (Å²) in [5.41, 5.74) is 2.89. The number of hydrogen-bond acceptors (Lipinski definition) is 4. The van der Waals surface area contributed by atoms with Crippen LogP contribution in [0.15, 0.2) is 61.7 Å². The average Bonchev–Trinajstić information content (AvgIpc) is 2.72. The van der Waals surface area contributed by atoms with E-state index in [4.69, 9.17) is 9.47 Å². The Morgan fingerprint density at radius 1 is 0.750 bits per heavy atom. The van der Waals surface area contributed by atoms with Gasteiger partial charge in [-0.3, -0.25) is 0 Å². The smallest absolute Gasteiger partial charge is 0.338 e. The summed E-state index contributed by atoms with van der Waals surface area (Å²) in [7, 11) is 0. The molecule has 0 radical (unpaired) electrons. The molecule has 2 atom stereocenters. The molecule has 28 heavy (non-hydrogen) atoms. The Labute approximate surface area is 166 Å². The molecule has 0 aromatic heterocycles. The highest BCUT2D eigenvalue weighted by Crippen LogP contribution is 2.14. The normalized spacial score (nSPS) is 12.5. The number of rotatable bonds is 9. The molecule has 0 amide bonds. The summed E-state index contributed by atoms with van der Waals surface area (Å²) in [6, 6.07) is 14.1. The van der Waals surface area contributed by atoms with Crippen LogP contribution < -0.4 is 0 Å². The zero-order chi connectivity index (χ0) is 20.5. The zero-order valence-corrected chi connectivity index (χ0v) is 16.4. The third-order valence-electron chi connectivity index (χ3n) is 4.36. The van der Waals surface area contributed by atoms with Gasteiger partial charge in [0.1, 0.15) is 0 Å². The summed E-state index contributed by atoms with van der Waals surface area (Å²) in [5, 5.41) is 0. The lowest BCUT2D eigenvalue weighted by atomic mass is 10.1. The predicted molar refractivity (Wildman–Crippen MR) is 112 cm³/mol. The van der Waals surface area contributed by atoms with Crippen LogP contribution in [0.1, 0.15) is 58.5 Å². The van der Waals surface area contributed by atoms with Crippen molar-refractivity contribution in [1.82, 2.24) is 0 Å². The molecule has 0 unspecified atom stereocenters. The van der Waals surface area contributed by atoms with Crippen molar-refractivity contribution in [3.8, 4) is 0 Å². The second kappa shape index (κ2) is 10.3. The highest BCUT2D eigenvalue weighted by molar-refractivity contribution is 5.90. The molecule has 0 aliphatic heterocycles. The van der Waals surface area contributed by atoms with E-state index in [1.807, 2.05) is 38.1 Å². The van der Waals surface area contributed by atoms with E-state index in [9.17, 15) is 9.59 Å². The molecule has 2 aromatic rings. The molecule has 0 aliphatic rings. The van der Waals surface area contributed by atoms with Gasteiger partial charge in [-0.1, -0.05) is 49.6 Å². The highest BCUT2D eigenvalue weighted by Gasteiger charge is 2.16. The second-order valence-electron chi connectivity index (χ2n) is 6.66. The number of carbonyl (C=O) groups is 2. The molecular weight excluding hydrogens is 352 g/mol. The standard InChI is InChI=1S/C24H26O4/c1-5-19-9-13-21(14-10-19)23(25)27-17(3)7-8-18(4)28-24(26)22-15-11-20(6-2)12-16-22/h5-6,9-18H,1-2,7-8H2,3-4H3/t17-,18-/m0/s1. The summed E-state index contributed by atoms with van der Waals surface area (Å²) in [6.07, 6.45) is 4.07. The molecule has 0 fully saturated rings. The number of hydrogen-bond donors (Lipinski definition) is 0. The Balaban J connectivity index is 1.78. The van der Waals surface area contributed by atoms with Crippen LogP contribution >= 0.6 is 0 Å². The van der Waals surface area contributed by atoms with Gasteiger partial charge in [0.15, 0.2) is 0 Å². The predicted octanol–water partition coefficient (Wildman–Crippen LogP) is 5.54. The Hall–Kier alpha value is -3.14. The third kappa shape index (κ3) is 6.23. The van der Waals surface area contributed by atoms with E-state index < -0.39 is 0 Å². The van der Waals surface area contributed by atoms with Crippen molar-refractivity contribution in [1.29, 1.82) is 0 Å². The van der Waals surface area contributed by atoms with Gasteiger partial charge in [0.05, 0.1) is 23.3 Å². The van der Waals surface area contributed by atoms with Gasteiger partial charge in [0, 0.05) is 0 Å². The fraction of sp³-hybridized carbons (Fsp3) is 0.250. The van der Waals surface area contributed by atoms with Crippen LogP contribution in [-0.2, 0) is 9.47 Å². The lowest BCUT2D eigenvalue weighted by Crippen LogP contribution is -2.20. The molecule has 0 N–H and O–H groups in total. The minimum absolute atomic E-state index is 0.278. The number of ether oxygens (including phenoxy) is 2. The van der Waals surface area contributed by atoms with Crippen LogP contribution in [0.25, 0.3) is 12.2 Å². The first kappa shape index (κ1) is 21.2. The number of esters is 2. The zero-order valence-electron chi connectivity index (χ0n) is 16.4. The van der Waals surface area contributed by atoms with Gasteiger partial charge < -0.3 is 9.47 Å². The monoisotopic (exact) mass is 378 g/mol. The fourth-order valence-electron chi connectivity index (χ4n) is 2.60. The lowest BCUT2D eigenvalue weighted by molar-refractivity contribution is 0.0187. The van der Waals surface area contributed by atoms with Crippen LogP contribution in [0, 0.1) is 0 Å². The summed E-state index contributed by atoms with van der Waals surface area (Å²) in [6.45, 7) is 11.0. The highest BCUT2D eigenvalue weighted by atomic mass is 16.5. The van der Waals surface area contributed by atoms with Crippen molar-refractivity contribution in [2.24, 2.45) is 0 Å². The summed E-state index contributed by atoms with van der Waals surface area (Å²) in [5.74, 6) is -0.731. The van der Waals surface area contributed by atoms with E-state index >= 15 is 0 Å². The van der Waals surface area contributed by atoms with Gasteiger partial charge >= 0.3 is 11.9 Å². The molecule has 0 saturated carbocycles. The van der Waals surface area contributed by atoms with Crippen LogP contribution in [0.2, 0.25) is 0 Å². The van der Waals surface area contributed by atoms with Gasteiger partial charge in [0.2, 0.25) is 0 Å². The first-order valence-corrected chi connectivity index (χ1v) is 9.30. The maximum Gasteiger partial charge on any atom is 0.338 e. The van der Waals surface area contributed by atoms with Gasteiger partial charge in [-0.2, -0.15) is 0 Å². The maximum absolute atomic E-state index is 12.2. The largest absolute Gasteiger partial charge is 0.459 e. The molecule has 0 saturated heterocycles. The third-order valence-corrected chi connectivity index (χ3v) is 4.36. The van der Waals surface area contributed by atoms with Gasteiger partial charge in [-0.05, 0) is 62.1 Å². The molecular formula is C24H26O4. The number of benzene rings is 2. The fourth-order valence-corrected chi connectivity index (χ4v) is 2.60. The maximum atomic E-state index is 12.2. The molecule has 0 aliphatic carbocycles. The first-order chi connectivity index (χ1) is 13.4. The summed E-state index contributed by atoms with van der Waals surface area (Å²) < 4.78 is 10.9. The van der Waals surface area contributed by atoms with Crippen molar-refractivity contribution in [2.75, 3.05) is 0 Å². The Bertz CT molecular complexity index is 747. The molecule has 146 valence electrons. The van der Waals surface area contributed by atoms with E-state index in [2.05, 4.69) is 13.2 Å². The van der Waals surface area contributed by atoms with E-state index in [-0.39, 0.29) is 24.1 Å². The minimum Gasteiger partial charge on any atom is -0.459 e. The average molecular weight is 378 g/mol. The molecule has 0 bridgehead atoms. The lowest BCUT2D eigenvalue weighted by Gasteiger charge is -2.17. The molecule has 0 heterocycles. The van der Waals surface area contributed by atoms with Crippen molar-refractivity contribution >= 4 is 24.1 Å². The Kier molecular flexibility index (Phi) is 7.76. The van der Waals surface area contributed by atoms with Gasteiger partial charge in [-0.25, -0.2) is 9.59 Å². The Morgan fingerprint density at radius 2 is 1.07 bits per heavy atom. The van der Waals surface area contributed by atoms with Gasteiger partial charge in [-0.15, -0.1) is 0 Å². The van der Waals surface area contributed by atoms with Crippen LogP contribution in [-0.4, -0.2) is 24.1 Å². The Morgan fingerprint density at radius 3 is 1.36 bits per heavy atom. The number of carbonyl (C=O) groups excluding carboxylic acids is 2. The topological polar surface area (TPSA) is 52.6 Å².